The van der Waals surface area contributed by atoms with E-state index in [4.69, 9.17) is 16.3 Å². The zero-order valence-electron chi connectivity index (χ0n) is 9.06. The van der Waals surface area contributed by atoms with Crippen molar-refractivity contribution in [3.05, 3.63) is 12.4 Å². The summed E-state index contributed by atoms with van der Waals surface area (Å²) < 4.78 is 7.62. The van der Waals surface area contributed by atoms with Gasteiger partial charge in [0.05, 0.1) is 24.6 Å². The van der Waals surface area contributed by atoms with Gasteiger partial charge in [-0.05, 0) is 6.92 Å². The van der Waals surface area contributed by atoms with Crippen LogP contribution in [0.1, 0.15) is 6.92 Å². The number of ether oxygens (including phenoxy) is 1. The van der Waals surface area contributed by atoms with Gasteiger partial charge in [0.25, 0.3) is 0 Å². The first kappa shape index (κ1) is 10.8. The van der Waals surface area contributed by atoms with Crippen LogP contribution in [0, 0.1) is 0 Å². The second kappa shape index (κ2) is 4.41. The van der Waals surface area contributed by atoms with E-state index in [1.54, 1.807) is 0 Å². The van der Waals surface area contributed by atoms with E-state index in [-0.39, 0.29) is 6.10 Å². The fraction of sp³-hybridized carbons (Fsp3) is 0.700. The van der Waals surface area contributed by atoms with Gasteiger partial charge in [-0.25, -0.2) is 4.98 Å². The predicted octanol–water partition coefficient (Wildman–Crippen LogP) is 1.25. The number of hydrogen-bond acceptors (Lipinski definition) is 3. The second-order valence-electron chi connectivity index (χ2n) is 3.95. The molecule has 1 fully saturated rings. The Bertz CT molecular complexity index is 328. The van der Waals surface area contributed by atoms with E-state index >= 15 is 0 Å². The molecule has 0 amide bonds. The fourth-order valence-electron chi connectivity index (χ4n) is 1.82. The molecule has 84 valence electrons. The minimum atomic E-state index is 0.111. The van der Waals surface area contributed by atoms with Crippen LogP contribution in [0.3, 0.4) is 0 Å². The minimum Gasteiger partial charge on any atom is -0.373 e. The van der Waals surface area contributed by atoms with Crippen LogP contribution in [-0.2, 0) is 11.8 Å². The number of rotatable bonds is 2. The second-order valence-corrected chi connectivity index (χ2v) is 4.26. The molecule has 1 aliphatic rings. The molecule has 2 heterocycles. The molecule has 0 aromatic carbocycles. The summed E-state index contributed by atoms with van der Waals surface area (Å²) in [4.78, 5) is 6.60. The molecule has 0 bridgehead atoms. The molecule has 0 N–H and O–H groups in total. The first-order chi connectivity index (χ1) is 7.22. The third kappa shape index (κ3) is 2.11. The maximum Gasteiger partial charge on any atom is 0.205 e. The number of anilines is 1. The lowest BCUT2D eigenvalue weighted by atomic mass is 10.2. The number of aryl methyl sites for hydroxylation is 1. The molecule has 0 saturated carbocycles. The maximum absolute atomic E-state index is 5.82. The highest BCUT2D eigenvalue weighted by Crippen LogP contribution is 2.19. The molecule has 0 spiro atoms. The zero-order valence-corrected chi connectivity index (χ0v) is 9.81. The summed E-state index contributed by atoms with van der Waals surface area (Å²) >= 11 is 5.82. The summed E-state index contributed by atoms with van der Waals surface area (Å²) in [6.07, 6.45) is 3.88. The Morgan fingerprint density at radius 2 is 2.47 bits per heavy atom. The van der Waals surface area contributed by atoms with Crippen molar-refractivity contribution in [2.75, 3.05) is 23.9 Å². The van der Waals surface area contributed by atoms with Gasteiger partial charge < -0.3 is 14.2 Å². The van der Waals surface area contributed by atoms with Crippen LogP contribution in [-0.4, -0.2) is 40.7 Å². The highest BCUT2D eigenvalue weighted by molar-refractivity contribution is 6.18. The number of aromatic nitrogens is 2. The van der Waals surface area contributed by atoms with E-state index in [1.165, 1.54) is 0 Å². The number of nitrogens with zero attached hydrogens (tertiary/aromatic N) is 3. The van der Waals surface area contributed by atoms with Crippen molar-refractivity contribution in [2.45, 2.75) is 19.1 Å². The van der Waals surface area contributed by atoms with Crippen molar-refractivity contribution < 1.29 is 4.74 Å². The van der Waals surface area contributed by atoms with Crippen LogP contribution in [0.2, 0.25) is 0 Å². The lowest BCUT2D eigenvalue weighted by Gasteiger charge is -2.37. The van der Waals surface area contributed by atoms with Crippen LogP contribution >= 0.6 is 11.6 Å². The van der Waals surface area contributed by atoms with Crippen LogP contribution in [0.15, 0.2) is 12.4 Å². The lowest BCUT2D eigenvalue weighted by Crippen LogP contribution is -2.50. The summed E-state index contributed by atoms with van der Waals surface area (Å²) in [6, 6.07) is 0.352. The maximum atomic E-state index is 5.82. The van der Waals surface area contributed by atoms with Crippen LogP contribution in [0.4, 0.5) is 5.95 Å². The molecule has 4 nitrogen and oxygen atoms in total. The Hall–Kier alpha value is -0.740. The van der Waals surface area contributed by atoms with E-state index in [0.717, 1.165) is 12.5 Å². The molecular weight excluding hydrogens is 214 g/mol. The number of alkyl halides is 1. The average Bonchev–Trinajstić information content (AvgIpc) is 2.65. The van der Waals surface area contributed by atoms with Gasteiger partial charge in [-0.1, -0.05) is 0 Å². The first-order valence-corrected chi connectivity index (χ1v) is 5.67. The highest BCUT2D eigenvalue weighted by atomic mass is 35.5. The molecule has 1 aromatic heterocycles. The average molecular weight is 230 g/mol. The molecule has 15 heavy (non-hydrogen) atoms. The monoisotopic (exact) mass is 229 g/mol. The molecule has 1 saturated heterocycles. The number of imidazole rings is 1. The molecule has 2 rings (SSSR count). The summed E-state index contributed by atoms with van der Waals surface area (Å²) in [5.41, 5.74) is 0. The van der Waals surface area contributed by atoms with Gasteiger partial charge >= 0.3 is 0 Å². The summed E-state index contributed by atoms with van der Waals surface area (Å²) in [7, 11) is 2.00. The van der Waals surface area contributed by atoms with E-state index in [9.17, 15) is 0 Å². The largest absolute Gasteiger partial charge is 0.373 e. The van der Waals surface area contributed by atoms with E-state index in [0.29, 0.717) is 18.5 Å². The number of morpholine rings is 1. The lowest BCUT2D eigenvalue weighted by molar-refractivity contribution is 0.0356. The molecule has 1 aliphatic heterocycles. The van der Waals surface area contributed by atoms with Gasteiger partial charge in [-0.2, -0.15) is 0 Å². The summed E-state index contributed by atoms with van der Waals surface area (Å²) in [6.45, 7) is 3.67. The molecule has 1 aromatic rings. The SMILES string of the molecule is CC1COC(CCl)CN1c1nccn1C. The van der Waals surface area contributed by atoms with Crippen molar-refractivity contribution in [1.29, 1.82) is 0 Å². The van der Waals surface area contributed by atoms with Crippen LogP contribution < -0.4 is 4.90 Å². The van der Waals surface area contributed by atoms with Crippen molar-refractivity contribution >= 4 is 17.5 Å². The smallest absolute Gasteiger partial charge is 0.205 e. The third-order valence-corrected chi connectivity index (χ3v) is 3.07. The van der Waals surface area contributed by atoms with Gasteiger partial charge in [0.1, 0.15) is 0 Å². The van der Waals surface area contributed by atoms with Crippen molar-refractivity contribution in [2.24, 2.45) is 7.05 Å². The molecular formula is C10H16ClN3O. The molecule has 0 aliphatic carbocycles. The van der Waals surface area contributed by atoms with E-state index in [2.05, 4.69) is 16.8 Å². The normalized spacial score (nSPS) is 27.0. The Labute approximate surface area is 94.8 Å². The van der Waals surface area contributed by atoms with E-state index in [1.807, 2.05) is 24.0 Å². The van der Waals surface area contributed by atoms with Gasteiger partial charge in [0.2, 0.25) is 5.95 Å². The summed E-state index contributed by atoms with van der Waals surface area (Å²) in [5, 5.41) is 0. The zero-order chi connectivity index (χ0) is 10.8. The third-order valence-electron chi connectivity index (χ3n) is 2.73. The Kier molecular flexibility index (Phi) is 3.17. The minimum absolute atomic E-state index is 0.111. The quantitative estimate of drug-likeness (QED) is 0.716. The highest BCUT2D eigenvalue weighted by Gasteiger charge is 2.27. The van der Waals surface area contributed by atoms with Crippen molar-refractivity contribution in [1.82, 2.24) is 9.55 Å². The fourth-order valence-corrected chi connectivity index (χ4v) is 2.01. The number of hydrogen-bond donors (Lipinski definition) is 0. The standard InChI is InChI=1S/C10H16ClN3O/c1-8-7-15-9(5-11)6-14(8)10-12-3-4-13(10)2/h3-4,8-9H,5-7H2,1-2H3. The van der Waals surface area contributed by atoms with Crippen molar-refractivity contribution in [3.63, 3.8) is 0 Å². The first-order valence-electron chi connectivity index (χ1n) is 5.14. The molecule has 2 atom stereocenters. The van der Waals surface area contributed by atoms with Gasteiger partial charge in [0.15, 0.2) is 0 Å². The van der Waals surface area contributed by atoms with Gasteiger partial charge in [0, 0.05) is 26.0 Å². The van der Waals surface area contributed by atoms with Crippen molar-refractivity contribution in [3.8, 4) is 0 Å². The van der Waals surface area contributed by atoms with Gasteiger partial charge in [-0.15, -0.1) is 11.6 Å². The molecule has 0 radical (unpaired) electrons. The topological polar surface area (TPSA) is 30.3 Å². The number of halogens is 1. The van der Waals surface area contributed by atoms with Crippen LogP contribution in [0.5, 0.6) is 0 Å². The predicted molar refractivity (Wildman–Crippen MR) is 60.5 cm³/mol. The van der Waals surface area contributed by atoms with Gasteiger partial charge in [-0.3, -0.25) is 0 Å². The van der Waals surface area contributed by atoms with Crippen LogP contribution in [0.25, 0.3) is 0 Å². The molecule has 2 unspecified atom stereocenters. The Morgan fingerprint density at radius 1 is 1.67 bits per heavy atom. The Morgan fingerprint density at radius 3 is 3.07 bits per heavy atom. The molecule has 5 heteroatoms. The summed E-state index contributed by atoms with van der Waals surface area (Å²) in [5.74, 6) is 1.52. The Balaban J connectivity index is 2.16. The van der Waals surface area contributed by atoms with E-state index < -0.39 is 0 Å².